The molecule has 0 aliphatic rings. The zero-order chi connectivity index (χ0) is 38.7. The van der Waals surface area contributed by atoms with E-state index in [0.717, 1.165) is 44.9 Å². The van der Waals surface area contributed by atoms with Crippen molar-refractivity contribution in [2.45, 2.75) is 270 Å². The van der Waals surface area contributed by atoms with Crippen LogP contribution >= 0.6 is 0 Å². The molecule has 0 aromatic carbocycles. The maximum absolute atomic E-state index is 12.4. The number of hydrogen-bond acceptors (Lipinski definition) is 4. The Morgan fingerprint density at radius 2 is 0.830 bits per heavy atom. The van der Waals surface area contributed by atoms with Gasteiger partial charge in [-0.3, -0.25) is 4.79 Å². The molecule has 0 radical (unpaired) electrons. The molecule has 0 aromatic rings. The molecule has 0 fully saturated rings. The number of carbonyl (C=O) groups excluding carboxylic acids is 1. The third-order valence-corrected chi connectivity index (χ3v) is 11.1. The smallest absolute Gasteiger partial charge is 0.220 e. The molecule has 0 aliphatic carbocycles. The van der Waals surface area contributed by atoms with E-state index in [-0.39, 0.29) is 12.5 Å². The highest BCUT2D eigenvalue weighted by molar-refractivity contribution is 5.76. The Labute approximate surface area is 331 Å². The van der Waals surface area contributed by atoms with Gasteiger partial charge in [0, 0.05) is 6.42 Å². The summed E-state index contributed by atoms with van der Waals surface area (Å²) < 4.78 is 0. The first kappa shape index (κ1) is 51.8. The Kier molecular flexibility index (Phi) is 42.6. The third kappa shape index (κ3) is 38.9. The summed E-state index contributed by atoms with van der Waals surface area (Å²) >= 11 is 0. The highest BCUT2D eigenvalue weighted by atomic mass is 16.3. The standard InChI is InChI=1S/C48H93NO4/c1-3-5-7-9-11-13-14-15-16-17-18-19-20-21-22-23-24-25-26-27-28-29-30-31-32-33-34-35-37-39-41-43-47(52)49-45(44-50)48(53)46(51)42-40-38-36-12-10-8-6-4-2/h4,6,12,36,45-46,48,50-51,53H,3,5,7-11,13-35,37-44H2,1-2H3,(H,49,52)/b6-4+,36-12+. The van der Waals surface area contributed by atoms with E-state index < -0.39 is 18.2 Å². The van der Waals surface area contributed by atoms with Gasteiger partial charge in [0.25, 0.3) is 0 Å². The summed E-state index contributed by atoms with van der Waals surface area (Å²) in [6.45, 7) is 3.94. The highest BCUT2D eigenvalue weighted by Gasteiger charge is 2.26. The van der Waals surface area contributed by atoms with Gasteiger partial charge in [0.1, 0.15) is 6.10 Å². The van der Waals surface area contributed by atoms with Gasteiger partial charge in [-0.1, -0.05) is 224 Å². The van der Waals surface area contributed by atoms with Crippen LogP contribution in [0, 0.1) is 0 Å². The van der Waals surface area contributed by atoms with E-state index in [1.165, 1.54) is 180 Å². The molecule has 0 saturated carbocycles. The van der Waals surface area contributed by atoms with E-state index in [1.807, 2.05) is 13.0 Å². The van der Waals surface area contributed by atoms with Crippen LogP contribution in [0.4, 0.5) is 0 Å². The van der Waals surface area contributed by atoms with Crippen molar-refractivity contribution in [2.75, 3.05) is 6.61 Å². The van der Waals surface area contributed by atoms with Crippen molar-refractivity contribution in [3.8, 4) is 0 Å². The van der Waals surface area contributed by atoms with Crippen LogP contribution in [-0.4, -0.2) is 46.1 Å². The first-order valence-electron chi connectivity index (χ1n) is 23.6. The lowest BCUT2D eigenvalue weighted by Gasteiger charge is -2.26. The molecule has 0 spiro atoms. The van der Waals surface area contributed by atoms with E-state index in [9.17, 15) is 20.1 Å². The molecule has 5 heteroatoms. The van der Waals surface area contributed by atoms with Gasteiger partial charge >= 0.3 is 0 Å². The summed E-state index contributed by atoms with van der Waals surface area (Å²) in [6.07, 6.45) is 53.6. The second kappa shape index (κ2) is 43.6. The van der Waals surface area contributed by atoms with E-state index in [4.69, 9.17) is 0 Å². The van der Waals surface area contributed by atoms with Crippen LogP contribution in [0.5, 0.6) is 0 Å². The van der Waals surface area contributed by atoms with Gasteiger partial charge in [0.2, 0.25) is 5.91 Å². The largest absolute Gasteiger partial charge is 0.394 e. The highest BCUT2D eigenvalue weighted by Crippen LogP contribution is 2.17. The summed E-state index contributed by atoms with van der Waals surface area (Å²) in [6, 6.07) is -0.827. The lowest BCUT2D eigenvalue weighted by molar-refractivity contribution is -0.124. The number of allylic oxidation sites excluding steroid dienone is 4. The minimum atomic E-state index is -1.16. The summed E-state index contributed by atoms with van der Waals surface area (Å²) in [5, 5.41) is 33.2. The number of aliphatic hydroxyl groups excluding tert-OH is 3. The molecule has 1 amide bonds. The molecule has 4 N–H and O–H groups in total. The monoisotopic (exact) mass is 748 g/mol. The number of unbranched alkanes of at least 4 members (excludes halogenated alkanes) is 32. The fraction of sp³-hybridized carbons (Fsp3) is 0.896. The second-order valence-electron chi connectivity index (χ2n) is 16.3. The van der Waals surface area contributed by atoms with Crippen LogP contribution in [0.1, 0.15) is 251 Å². The van der Waals surface area contributed by atoms with Gasteiger partial charge in [-0.25, -0.2) is 0 Å². The zero-order valence-electron chi connectivity index (χ0n) is 35.7. The molecule has 0 aliphatic heterocycles. The van der Waals surface area contributed by atoms with Crippen molar-refractivity contribution in [1.29, 1.82) is 0 Å². The molecule has 0 rings (SSSR count). The Bertz CT molecular complexity index is 784. The molecule has 314 valence electrons. The van der Waals surface area contributed by atoms with Gasteiger partial charge in [0.05, 0.1) is 18.8 Å². The van der Waals surface area contributed by atoms with E-state index in [1.54, 1.807) is 0 Å². The molecule has 0 heterocycles. The molecule has 3 unspecified atom stereocenters. The van der Waals surface area contributed by atoms with Gasteiger partial charge in [-0.15, -0.1) is 0 Å². The number of nitrogens with one attached hydrogen (secondary N) is 1. The number of hydrogen-bond donors (Lipinski definition) is 4. The van der Waals surface area contributed by atoms with Gasteiger partial charge < -0.3 is 20.6 Å². The average molecular weight is 748 g/mol. The van der Waals surface area contributed by atoms with Crippen LogP contribution in [0.25, 0.3) is 0 Å². The Morgan fingerprint density at radius 3 is 1.19 bits per heavy atom. The molecule has 0 aromatic heterocycles. The normalized spacial score (nSPS) is 13.7. The van der Waals surface area contributed by atoms with Crippen molar-refractivity contribution in [3.05, 3.63) is 24.3 Å². The van der Waals surface area contributed by atoms with E-state index in [2.05, 4.69) is 30.5 Å². The molecule has 3 atom stereocenters. The molecular weight excluding hydrogens is 655 g/mol. The van der Waals surface area contributed by atoms with Crippen LogP contribution in [0.15, 0.2) is 24.3 Å². The fourth-order valence-corrected chi connectivity index (χ4v) is 7.48. The summed E-state index contributed by atoms with van der Waals surface area (Å²) in [5.74, 6) is -0.158. The number of aliphatic hydroxyl groups is 3. The average Bonchev–Trinajstić information content (AvgIpc) is 3.16. The Balaban J connectivity index is 3.42. The van der Waals surface area contributed by atoms with Crippen LogP contribution in [-0.2, 0) is 4.79 Å². The lowest BCUT2D eigenvalue weighted by atomic mass is 10.0. The first-order chi connectivity index (χ1) is 26.1. The SMILES string of the molecule is C/C=C/CC/C=C/CCCC(O)C(O)C(CO)NC(=O)CCCCCCCCCCCCCCCCCCCCCCCCCCCCCCCCC. The topological polar surface area (TPSA) is 89.8 Å². The van der Waals surface area contributed by atoms with Crippen molar-refractivity contribution in [3.63, 3.8) is 0 Å². The molecular formula is C48H93NO4. The first-order valence-corrected chi connectivity index (χ1v) is 23.6. The third-order valence-electron chi connectivity index (χ3n) is 11.1. The predicted octanol–water partition coefficient (Wildman–Crippen LogP) is 13.8. The van der Waals surface area contributed by atoms with Crippen molar-refractivity contribution < 1.29 is 20.1 Å². The number of amides is 1. The van der Waals surface area contributed by atoms with Crippen molar-refractivity contribution in [1.82, 2.24) is 5.32 Å². The summed E-state index contributed by atoms with van der Waals surface area (Å²) in [4.78, 5) is 12.4. The predicted molar refractivity (Wildman–Crippen MR) is 231 cm³/mol. The Hall–Kier alpha value is -1.17. The maximum Gasteiger partial charge on any atom is 0.220 e. The minimum absolute atomic E-state index is 0.158. The van der Waals surface area contributed by atoms with Gasteiger partial charge in [-0.05, 0) is 45.4 Å². The van der Waals surface area contributed by atoms with Gasteiger partial charge in [0.15, 0.2) is 0 Å². The van der Waals surface area contributed by atoms with Crippen LogP contribution < -0.4 is 5.32 Å². The van der Waals surface area contributed by atoms with Crippen molar-refractivity contribution >= 4 is 5.91 Å². The fourth-order valence-electron chi connectivity index (χ4n) is 7.48. The minimum Gasteiger partial charge on any atom is -0.394 e. The molecule has 5 nitrogen and oxygen atoms in total. The maximum atomic E-state index is 12.4. The molecule has 0 bridgehead atoms. The zero-order valence-corrected chi connectivity index (χ0v) is 35.7. The number of rotatable bonds is 43. The van der Waals surface area contributed by atoms with Crippen LogP contribution in [0.2, 0.25) is 0 Å². The molecule has 53 heavy (non-hydrogen) atoms. The van der Waals surface area contributed by atoms with E-state index >= 15 is 0 Å². The summed E-state index contributed by atoms with van der Waals surface area (Å²) in [5.41, 5.74) is 0. The molecule has 0 saturated heterocycles. The van der Waals surface area contributed by atoms with E-state index in [0.29, 0.717) is 12.8 Å². The summed E-state index contributed by atoms with van der Waals surface area (Å²) in [7, 11) is 0. The lowest BCUT2D eigenvalue weighted by Crippen LogP contribution is -2.50. The number of carbonyl (C=O) groups is 1. The van der Waals surface area contributed by atoms with Gasteiger partial charge in [-0.2, -0.15) is 0 Å². The second-order valence-corrected chi connectivity index (χ2v) is 16.3. The van der Waals surface area contributed by atoms with Crippen molar-refractivity contribution in [2.24, 2.45) is 0 Å². The van der Waals surface area contributed by atoms with Crippen LogP contribution in [0.3, 0.4) is 0 Å². The quantitative estimate of drug-likeness (QED) is 0.0369. The Morgan fingerprint density at radius 1 is 0.491 bits per heavy atom.